The molecule has 0 rings (SSSR count). The average molecular weight is 268 g/mol. The standard InChI is InChI=1S/C8H14O2.C7H10O2/c1-3-4-5-6-7(2)8(9)10;1-3-4-5-6(2)7(8)9/h2-6H2,1H3,(H,9,10);3H,1-2,4-5H2,(H,8,9). The van der Waals surface area contributed by atoms with Crippen molar-refractivity contribution in [1.29, 1.82) is 0 Å². The zero-order valence-corrected chi connectivity index (χ0v) is 11.7. The Morgan fingerprint density at radius 2 is 1.47 bits per heavy atom. The number of unbranched alkanes of at least 4 members (excludes halogenated alkanes) is 2. The molecule has 0 fully saturated rings. The second-order valence-corrected chi connectivity index (χ2v) is 4.10. The van der Waals surface area contributed by atoms with Crippen molar-refractivity contribution in [3.63, 3.8) is 0 Å². The SMILES string of the molecule is C=C(CCCCC)C(=O)O.C=CCCC(=C)C(=O)O. The van der Waals surface area contributed by atoms with Gasteiger partial charge in [-0.2, -0.15) is 0 Å². The molecule has 4 heteroatoms. The minimum atomic E-state index is -0.920. The molecule has 0 atom stereocenters. The van der Waals surface area contributed by atoms with Gasteiger partial charge in [0.2, 0.25) is 0 Å². The first-order valence-corrected chi connectivity index (χ1v) is 6.29. The molecule has 0 saturated heterocycles. The third kappa shape index (κ3) is 14.1. The van der Waals surface area contributed by atoms with Gasteiger partial charge in [0.1, 0.15) is 0 Å². The number of hydrogen-bond acceptors (Lipinski definition) is 2. The number of hydrogen-bond donors (Lipinski definition) is 2. The van der Waals surface area contributed by atoms with Crippen molar-refractivity contribution >= 4 is 11.9 Å². The normalized spacial score (nSPS) is 8.89. The number of rotatable bonds is 9. The largest absolute Gasteiger partial charge is 0.478 e. The molecule has 0 amide bonds. The Bertz CT molecular complexity index is 329. The van der Waals surface area contributed by atoms with Crippen LogP contribution in [0.2, 0.25) is 0 Å². The van der Waals surface area contributed by atoms with Crippen molar-refractivity contribution in [1.82, 2.24) is 0 Å². The Kier molecular flexibility index (Phi) is 12.9. The summed E-state index contributed by atoms with van der Waals surface area (Å²) in [5.74, 6) is -1.78. The summed E-state index contributed by atoms with van der Waals surface area (Å²) < 4.78 is 0. The highest BCUT2D eigenvalue weighted by Crippen LogP contribution is 2.06. The van der Waals surface area contributed by atoms with Gasteiger partial charge >= 0.3 is 11.9 Å². The van der Waals surface area contributed by atoms with E-state index in [4.69, 9.17) is 10.2 Å². The van der Waals surface area contributed by atoms with Crippen molar-refractivity contribution in [3.05, 3.63) is 37.0 Å². The minimum absolute atomic E-state index is 0.245. The van der Waals surface area contributed by atoms with E-state index in [1.54, 1.807) is 6.08 Å². The maximum Gasteiger partial charge on any atom is 0.330 e. The summed E-state index contributed by atoms with van der Waals surface area (Å²) in [5, 5.41) is 16.7. The highest BCUT2D eigenvalue weighted by atomic mass is 16.4. The van der Waals surface area contributed by atoms with E-state index in [1.807, 2.05) is 0 Å². The van der Waals surface area contributed by atoms with Gasteiger partial charge in [0.15, 0.2) is 0 Å². The van der Waals surface area contributed by atoms with Crippen LogP contribution in [-0.4, -0.2) is 22.2 Å². The monoisotopic (exact) mass is 268 g/mol. The molecule has 2 N–H and O–H groups in total. The summed E-state index contributed by atoms with van der Waals surface area (Å²) in [6.07, 6.45) is 6.64. The van der Waals surface area contributed by atoms with E-state index in [0.29, 0.717) is 24.8 Å². The second-order valence-electron chi connectivity index (χ2n) is 4.10. The number of aliphatic carboxylic acids is 2. The highest BCUT2D eigenvalue weighted by molar-refractivity contribution is 5.86. The van der Waals surface area contributed by atoms with Crippen LogP contribution in [0.4, 0.5) is 0 Å². The van der Waals surface area contributed by atoms with E-state index in [0.717, 1.165) is 19.3 Å². The number of carbonyl (C=O) groups is 2. The van der Waals surface area contributed by atoms with Crippen LogP contribution in [0, 0.1) is 0 Å². The Morgan fingerprint density at radius 1 is 1.00 bits per heavy atom. The average Bonchev–Trinajstić information content (AvgIpc) is 2.36. The predicted octanol–water partition coefficient (Wildman–Crippen LogP) is 3.80. The molecule has 0 radical (unpaired) electrons. The van der Waals surface area contributed by atoms with Crippen LogP contribution in [-0.2, 0) is 9.59 Å². The number of carboxylic acids is 2. The molecule has 0 aromatic rings. The van der Waals surface area contributed by atoms with Crippen LogP contribution in [0.1, 0.15) is 45.4 Å². The first kappa shape index (κ1) is 19.5. The smallest absolute Gasteiger partial charge is 0.330 e. The van der Waals surface area contributed by atoms with Crippen LogP contribution < -0.4 is 0 Å². The summed E-state index contributed by atoms with van der Waals surface area (Å²) in [6.45, 7) is 12.3. The summed E-state index contributed by atoms with van der Waals surface area (Å²) in [4.78, 5) is 20.3. The molecule has 0 saturated carbocycles. The predicted molar refractivity (Wildman–Crippen MR) is 77.1 cm³/mol. The van der Waals surface area contributed by atoms with E-state index >= 15 is 0 Å². The lowest BCUT2D eigenvalue weighted by atomic mass is 10.1. The Labute approximate surface area is 115 Å². The molecule has 4 nitrogen and oxygen atoms in total. The summed E-state index contributed by atoms with van der Waals surface area (Å²) in [5.41, 5.74) is 0.573. The zero-order valence-electron chi connectivity index (χ0n) is 11.7. The molecule has 19 heavy (non-hydrogen) atoms. The fraction of sp³-hybridized carbons (Fsp3) is 0.467. The fourth-order valence-electron chi connectivity index (χ4n) is 1.08. The van der Waals surface area contributed by atoms with Gasteiger partial charge in [-0.1, -0.05) is 39.0 Å². The first-order valence-electron chi connectivity index (χ1n) is 6.29. The van der Waals surface area contributed by atoms with E-state index < -0.39 is 11.9 Å². The maximum absolute atomic E-state index is 10.2. The molecule has 0 unspecified atom stereocenters. The summed E-state index contributed by atoms with van der Waals surface area (Å²) >= 11 is 0. The van der Waals surface area contributed by atoms with Gasteiger partial charge in [0.05, 0.1) is 0 Å². The van der Waals surface area contributed by atoms with Crippen LogP contribution in [0.15, 0.2) is 37.0 Å². The van der Waals surface area contributed by atoms with Crippen molar-refractivity contribution in [2.75, 3.05) is 0 Å². The molecular formula is C15H24O4. The molecule has 0 bridgehead atoms. The van der Waals surface area contributed by atoms with Crippen LogP contribution in [0.5, 0.6) is 0 Å². The number of carboxylic acid groups (broad SMARTS) is 2. The van der Waals surface area contributed by atoms with Crippen molar-refractivity contribution in [2.24, 2.45) is 0 Å². The molecule has 108 valence electrons. The highest BCUT2D eigenvalue weighted by Gasteiger charge is 2.01. The van der Waals surface area contributed by atoms with Gasteiger partial charge in [-0.15, -0.1) is 6.58 Å². The Hall–Kier alpha value is -1.84. The topological polar surface area (TPSA) is 74.6 Å². The Balaban J connectivity index is 0. The van der Waals surface area contributed by atoms with Crippen molar-refractivity contribution in [3.8, 4) is 0 Å². The van der Waals surface area contributed by atoms with Crippen LogP contribution in [0.25, 0.3) is 0 Å². The van der Waals surface area contributed by atoms with E-state index in [2.05, 4.69) is 26.7 Å². The molecule has 0 aromatic heterocycles. The second kappa shape index (κ2) is 12.6. The third-order valence-corrected chi connectivity index (χ3v) is 2.34. The molecule has 0 aromatic carbocycles. The molecule has 0 aliphatic heterocycles. The van der Waals surface area contributed by atoms with Crippen molar-refractivity contribution < 1.29 is 19.8 Å². The maximum atomic E-state index is 10.2. The Morgan fingerprint density at radius 3 is 1.84 bits per heavy atom. The zero-order chi connectivity index (χ0) is 15.3. The van der Waals surface area contributed by atoms with Gasteiger partial charge in [-0.05, 0) is 25.7 Å². The molecule has 0 heterocycles. The molecule has 0 aliphatic rings. The van der Waals surface area contributed by atoms with Gasteiger partial charge < -0.3 is 10.2 Å². The van der Waals surface area contributed by atoms with E-state index in [-0.39, 0.29) is 5.57 Å². The third-order valence-electron chi connectivity index (χ3n) is 2.34. The summed E-state index contributed by atoms with van der Waals surface area (Å²) in [6, 6.07) is 0. The van der Waals surface area contributed by atoms with Crippen LogP contribution >= 0.6 is 0 Å². The first-order chi connectivity index (χ1) is 8.86. The lowest BCUT2D eigenvalue weighted by Gasteiger charge is -1.97. The van der Waals surface area contributed by atoms with Gasteiger partial charge in [-0.25, -0.2) is 9.59 Å². The molecule has 0 spiro atoms. The van der Waals surface area contributed by atoms with E-state index in [1.165, 1.54) is 0 Å². The quantitative estimate of drug-likeness (QED) is 0.379. The molecular weight excluding hydrogens is 244 g/mol. The fourth-order valence-corrected chi connectivity index (χ4v) is 1.08. The van der Waals surface area contributed by atoms with Gasteiger partial charge in [-0.3, -0.25) is 0 Å². The lowest BCUT2D eigenvalue weighted by Crippen LogP contribution is -1.98. The van der Waals surface area contributed by atoms with Crippen LogP contribution in [0.3, 0.4) is 0 Å². The van der Waals surface area contributed by atoms with Gasteiger partial charge in [0.25, 0.3) is 0 Å². The van der Waals surface area contributed by atoms with E-state index in [9.17, 15) is 9.59 Å². The number of allylic oxidation sites excluding steroid dienone is 1. The molecule has 0 aliphatic carbocycles. The lowest BCUT2D eigenvalue weighted by molar-refractivity contribution is -0.133. The van der Waals surface area contributed by atoms with Gasteiger partial charge in [0, 0.05) is 11.1 Å². The van der Waals surface area contributed by atoms with Crippen molar-refractivity contribution in [2.45, 2.75) is 45.4 Å². The summed E-state index contributed by atoms with van der Waals surface area (Å²) in [7, 11) is 0. The minimum Gasteiger partial charge on any atom is -0.478 e.